The summed E-state index contributed by atoms with van der Waals surface area (Å²) >= 11 is 1.48. The van der Waals surface area contributed by atoms with Gasteiger partial charge in [0.25, 0.3) is 0 Å². The topological polar surface area (TPSA) is 55.6 Å². The molecule has 1 aliphatic carbocycles. The second kappa shape index (κ2) is 7.59. The molecule has 0 unspecified atom stereocenters. The predicted molar refractivity (Wildman–Crippen MR) is 106 cm³/mol. The summed E-state index contributed by atoms with van der Waals surface area (Å²) in [5, 5.41) is 9.41. The SMILES string of the molecule is CSc1nc(N[C@@H]2C[C@H]2c2ccc(F)c(F)c2)c2cnn(C(C)C)c2n1.Cl. The summed E-state index contributed by atoms with van der Waals surface area (Å²) in [6.45, 7) is 4.11. The van der Waals surface area contributed by atoms with E-state index in [-0.39, 0.29) is 30.4 Å². The third-order valence-electron chi connectivity index (χ3n) is 4.59. The molecule has 0 spiro atoms. The van der Waals surface area contributed by atoms with Gasteiger partial charge in [0, 0.05) is 18.0 Å². The molecule has 1 aromatic carbocycles. The van der Waals surface area contributed by atoms with Crippen LogP contribution in [0, 0.1) is 11.6 Å². The molecule has 0 radical (unpaired) electrons. The maximum Gasteiger partial charge on any atom is 0.191 e. The van der Waals surface area contributed by atoms with Crippen LogP contribution >= 0.6 is 24.2 Å². The van der Waals surface area contributed by atoms with Crippen molar-refractivity contribution in [3.63, 3.8) is 0 Å². The molecule has 1 N–H and O–H groups in total. The molecule has 9 heteroatoms. The Morgan fingerprint density at radius 2 is 2.00 bits per heavy atom. The molecular weight excluding hydrogens is 392 g/mol. The summed E-state index contributed by atoms with van der Waals surface area (Å²) in [7, 11) is 0. The molecule has 1 fully saturated rings. The van der Waals surface area contributed by atoms with Gasteiger partial charge in [0.1, 0.15) is 5.82 Å². The second-order valence-corrected chi connectivity index (χ2v) is 7.52. The highest BCUT2D eigenvalue weighted by Crippen LogP contribution is 2.43. The van der Waals surface area contributed by atoms with Crippen LogP contribution in [0.1, 0.15) is 37.8 Å². The molecular formula is C18H20ClF2N5S. The van der Waals surface area contributed by atoms with E-state index >= 15 is 0 Å². The van der Waals surface area contributed by atoms with E-state index in [0.29, 0.717) is 5.16 Å². The number of anilines is 1. The third kappa shape index (κ3) is 3.73. The van der Waals surface area contributed by atoms with Crippen LogP contribution in [0.3, 0.4) is 0 Å². The largest absolute Gasteiger partial charge is 0.366 e. The minimum absolute atomic E-state index is 0. The maximum atomic E-state index is 13.5. The standard InChI is InChI=1S/C18H19F2N5S.ClH/c1-9(2)25-17-12(8-21-25)16(23-18(24-17)26-3)22-15-7-11(15)10-4-5-13(19)14(20)6-10;/h4-6,8-9,11,15H,7H2,1-3H3,(H,22,23,24);1H/t11-,15+;/m0./s1. The van der Waals surface area contributed by atoms with Crippen LogP contribution in [0.25, 0.3) is 11.0 Å². The number of fused-ring (bicyclic) bond motifs is 1. The fourth-order valence-electron chi connectivity index (χ4n) is 3.13. The average Bonchev–Trinajstić information content (AvgIpc) is 3.23. The zero-order valence-electron chi connectivity index (χ0n) is 15.1. The van der Waals surface area contributed by atoms with Crippen molar-refractivity contribution in [1.29, 1.82) is 0 Å². The van der Waals surface area contributed by atoms with Crippen molar-refractivity contribution in [3.8, 4) is 0 Å². The summed E-state index contributed by atoms with van der Waals surface area (Å²) in [5.41, 5.74) is 1.60. The van der Waals surface area contributed by atoms with Gasteiger partial charge in [-0.15, -0.1) is 12.4 Å². The van der Waals surface area contributed by atoms with Gasteiger partial charge in [-0.05, 0) is 44.2 Å². The van der Waals surface area contributed by atoms with Gasteiger partial charge in [-0.2, -0.15) is 5.10 Å². The Morgan fingerprint density at radius 1 is 1.22 bits per heavy atom. The number of thioether (sulfide) groups is 1. The lowest BCUT2D eigenvalue weighted by atomic mass is 10.1. The number of hydrogen-bond donors (Lipinski definition) is 1. The van der Waals surface area contributed by atoms with Crippen molar-refractivity contribution >= 4 is 41.0 Å². The minimum atomic E-state index is -0.817. The number of benzene rings is 1. The van der Waals surface area contributed by atoms with Crippen LogP contribution in [-0.4, -0.2) is 32.0 Å². The average molecular weight is 412 g/mol. The summed E-state index contributed by atoms with van der Waals surface area (Å²) in [5.74, 6) is -0.739. The zero-order valence-corrected chi connectivity index (χ0v) is 16.7. The summed E-state index contributed by atoms with van der Waals surface area (Å²) in [6, 6.07) is 4.43. The molecule has 2 aromatic heterocycles. The molecule has 5 nitrogen and oxygen atoms in total. The van der Waals surface area contributed by atoms with Gasteiger partial charge >= 0.3 is 0 Å². The normalized spacial score (nSPS) is 18.6. The number of nitrogens with zero attached hydrogens (tertiary/aromatic N) is 4. The Kier molecular flexibility index (Phi) is 5.58. The van der Waals surface area contributed by atoms with Gasteiger partial charge in [0.2, 0.25) is 0 Å². The first-order valence-corrected chi connectivity index (χ1v) is 9.71. The van der Waals surface area contributed by atoms with E-state index in [9.17, 15) is 8.78 Å². The summed E-state index contributed by atoms with van der Waals surface area (Å²) in [6.07, 6.45) is 4.56. The van der Waals surface area contributed by atoms with Gasteiger partial charge < -0.3 is 5.32 Å². The first-order chi connectivity index (χ1) is 12.5. The number of nitrogens with one attached hydrogen (secondary N) is 1. The van der Waals surface area contributed by atoms with E-state index < -0.39 is 11.6 Å². The van der Waals surface area contributed by atoms with Crippen molar-refractivity contribution < 1.29 is 8.78 Å². The molecule has 1 aliphatic rings. The lowest BCUT2D eigenvalue weighted by Gasteiger charge is -2.10. The van der Waals surface area contributed by atoms with Gasteiger partial charge in [-0.3, -0.25) is 0 Å². The van der Waals surface area contributed by atoms with E-state index in [0.717, 1.165) is 28.8 Å². The van der Waals surface area contributed by atoms with Crippen LogP contribution in [0.2, 0.25) is 0 Å². The van der Waals surface area contributed by atoms with E-state index in [1.807, 2.05) is 10.9 Å². The van der Waals surface area contributed by atoms with Gasteiger partial charge in [-0.1, -0.05) is 17.8 Å². The quantitative estimate of drug-likeness (QED) is 0.483. The molecule has 0 amide bonds. The Balaban J connectivity index is 0.00000210. The molecule has 2 atom stereocenters. The first kappa shape index (κ1) is 19.8. The number of halogens is 3. The highest BCUT2D eigenvalue weighted by atomic mass is 35.5. The number of rotatable bonds is 5. The Hall–Kier alpha value is -1.93. The van der Waals surface area contributed by atoms with Crippen molar-refractivity contribution in [3.05, 3.63) is 41.6 Å². The first-order valence-electron chi connectivity index (χ1n) is 8.48. The fourth-order valence-corrected chi connectivity index (χ4v) is 3.49. The fraction of sp³-hybridized carbons (Fsp3) is 0.389. The van der Waals surface area contributed by atoms with Crippen LogP contribution < -0.4 is 5.32 Å². The smallest absolute Gasteiger partial charge is 0.191 e. The van der Waals surface area contributed by atoms with E-state index in [4.69, 9.17) is 0 Å². The molecule has 27 heavy (non-hydrogen) atoms. The third-order valence-corrected chi connectivity index (χ3v) is 5.14. The van der Waals surface area contributed by atoms with Crippen LogP contribution in [0.5, 0.6) is 0 Å². The molecule has 0 bridgehead atoms. The molecule has 0 saturated heterocycles. The predicted octanol–water partition coefficient (Wildman–Crippen LogP) is 4.80. The van der Waals surface area contributed by atoms with E-state index in [2.05, 4.69) is 34.2 Å². The Bertz CT molecular complexity index is 978. The van der Waals surface area contributed by atoms with E-state index in [1.54, 1.807) is 12.3 Å². The monoisotopic (exact) mass is 411 g/mol. The number of aromatic nitrogens is 4. The van der Waals surface area contributed by atoms with Gasteiger partial charge in [-0.25, -0.2) is 23.4 Å². The lowest BCUT2D eigenvalue weighted by Crippen LogP contribution is -2.09. The highest BCUT2D eigenvalue weighted by Gasteiger charge is 2.39. The molecule has 2 heterocycles. The van der Waals surface area contributed by atoms with Gasteiger partial charge in [0.05, 0.1) is 11.6 Å². The molecule has 3 aromatic rings. The molecule has 1 saturated carbocycles. The van der Waals surface area contributed by atoms with Crippen LogP contribution in [-0.2, 0) is 0 Å². The second-order valence-electron chi connectivity index (χ2n) is 6.75. The van der Waals surface area contributed by atoms with Gasteiger partial charge in [0.15, 0.2) is 22.4 Å². The summed E-state index contributed by atoms with van der Waals surface area (Å²) in [4.78, 5) is 9.17. The Labute approximate surface area is 166 Å². The number of hydrogen-bond acceptors (Lipinski definition) is 5. The van der Waals surface area contributed by atoms with Crippen molar-refractivity contribution in [2.75, 3.05) is 11.6 Å². The van der Waals surface area contributed by atoms with E-state index in [1.165, 1.54) is 23.9 Å². The molecule has 4 rings (SSSR count). The van der Waals surface area contributed by atoms with Crippen molar-refractivity contribution in [2.24, 2.45) is 0 Å². The maximum absolute atomic E-state index is 13.5. The zero-order chi connectivity index (χ0) is 18.4. The van der Waals surface area contributed by atoms with Crippen LogP contribution in [0.15, 0.2) is 29.6 Å². The van der Waals surface area contributed by atoms with Crippen molar-refractivity contribution in [2.45, 2.75) is 43.4 Å². The Morgan fingerprint density at radius 3 is 2.67 bits per heavy atom. The van der Waals surface area contributed by atoms with Crippen LogP contribution in [0.4, 0.5) is 14.6 Å². The highest BCUT2D eigenvalue weighted by molar-refractivity contribution is 7.98. The molecule has 0 aliphatic heterocycles. The lowest BCUT2D eigenvalue weighted by molar-refractivity contribution is 0.507. The minimum Gasteiger partial charge on any atom is -0.366 e. The molecule has 144 valence electrons. The summed E-state index contributed by atoms with van der Waals surface area (Å²) < 4.78 is 28.5. The van der Waals surface area contributed by atoms with Crippen molar-refractivity contribution in [1.82, 2.24) is 19.7 Å².